The molecule has 1 aromatic rings. The largest absolute Gasteiger partial charge is 0.473 e. The van der Waals surface area contributed by atoms with Crippen molar-refractivity contribution in [1.29, 1.82) is 0 Å². The molecule has 0 bridgehead atoms. The molecule has 0 saturated heterocycles. The molecule has 80 valence electrons. The maximum atomic E-state index is 10.9. The molecule has 1 aromatic carbocycles. The zero-order valence-electron chi connectivity index (χ0n) is 8.56. The van der Waals surface area contributed by atoms with Crippen molar-refractivity contribution in [1.82, 2.24) is 0 Å². The van der Waals surface area contributed by atoms with Crippen molar-refractivity contribution in [3.8, 4) is 5.75 Å². The van der Waals surface area contributed by atoms with Gasteiger partial charge in [-0.15, -0.1) is 0 Å². The van der Waals surface area contributed by atoms with Gasteiger partial charge in [-0.1, -0.05) is 32.0 Å². The van der Waals surface area contributed by atoms with Gasteiger partial charge in [0, 0.05) is 0 Å². The predicted molar refractivity (Wildman–Crippen MR) is 53.8 cm³/mol. The molecule has 0 saturated carbocycles. The minimum absolute atomic E-state index is 0.169. The topological polar surface area (TPSA) is 63.6 Å². The second-order valence-corrected chi connectivity index (χ2v) is 3.39. The number of para-hydroxylation sites is 1. The summed E-state index contributed by atoms with van der Waals surface area (Å²) in [6, 6.07) is 6.88. The molecular weight excluding hydrogens is 196 g/mol. The number of hydrogen-bond acceptors (Lipinski definition) is 3. The lowest BCUT2D eigenvalue weighted by Gasteiger charge is -2.10. The second kappa shape index (κ2) is 4.59. The third kappa shape index (κ3) is 2.80. The highest BCUT2D eigenvalue weighted by Gasteiger charge is 2.16. The number of ether oxygens (including phenoxy) is 1. The molecule has 0 unspecified atom stereocenters. The van der Waals surface area contributed by atoms with E-state index in [2.05, 4.69) is 0 Å². The maximum Gasteiger partial charge on any atom is 0.422 e. The summed E-state index contributed by atoms with van der Waals surface area (Å²) in [5, 5.41) is 8.40. The van der Waals surface area contributed by atoms with Crippen molar-refractivity contribution in [2.75, 3.05) is 0 Å². The number of hydrogen-bond donors (Lipinski definition) is 1. The van der Waals surface area contributed by atoms with Crippen LogP contribution in [0.2, 0.25) is 0 Å². The average Bonchev–Trinajstić information content (AvgIpc) is 2.18. The van der Waals surface area contributed by atoms with Crippen LogP contribution in [0.5, 0.6) is 5.75 Å². The fraction of sp³-hybridized carbons (Fsp3) is 0.273. The highest BCUT2D eigenvalue weighted by atomic mass is 16.6. The molecule has 1 N–H and O–H groups in total. The molecule has 0 aliphatic carbocycles. The van der Waals surface area contributed by atoms with Crippen molar-refractivity contribution >= 4 is 11.9 Å². The van der Waals surface area contributed by atoms with Crippen LogP contribution >= 0.6 is 0 Å². The zero-order chi connectivity index (χ0) is 11.4. The van der Waals surface area contributed by atoms with E-state index in [1.165, 1.54) is 0 Å². The monoisotopic (exact) mass is 208 g/mol. The molecule has 15 heavy (non-hydrogen) atoms. The summed E-state index contributed by atoms with van der Waals surface area (Å²) < 4.78 is 4.73. The minimum atomic E-state index is -1.59. The number of aliphatic carboxylic acids is 1. The Morgan fingerprint density at radius 3 is 2.40 bits per heavy atom. The van der Waals surface area contributed by atoms with Gasteiger partial charge in [-0.2, -0.15) is 0 Å². The van der Waals surface area contributed by atoms with E-state index in [1.54, 1.807) is 18.2 Å². The summed E-state index contributed by atoms with van der Waals surface area (Å²) in [4.78, 5) is 21.2. The number of benzene rings is 1. The van der Waals surface area contributed by atoms with Gasteiger partial charge in [0.25, 0.3) is 0 Å². The van der Waals surface area contributed by atoms with E-state index in [1.807, 2.05) is 19.9 Å². The van der Waals surface area contributed by atoms with Crippen LogP contribution in [0, 0.1) is 0 Å². The molecule has 0 aliphatic rings. The van der Waals surface area contributed by atoms with Crippen molar-refractivity contribution < 1.29 is 19.4 Å². The number of carbonyl (C=O) groups is 2. The van der Waals surface area contributed by atoms with Crippen molar-refractivity contribution in [2.45, 2.75) is 19.8 Å². The highest BCUT2D eigenvalue weighted by molar-refractivity contribution is 6.29. The minimum Gasteiger partial charge on any atom is -0.473 e. The summed E-state index contributed by atoms with van der Waals surface area (Å²) in [6.07, 6.45) is 0. The van der Waals surface area contributed by atoms with Crippen LogP contribution in [0.1, 0.15) is 25.3 Å². The molecule has 0 spiro atoms. The van der Waals surface area contributed by atoms with E-state index in [4.69, 9.17) is 9.84 Å². The number of rotatable bonds is 2. The summed E-state index contributed by atoms with van der Waals surface area (Å²) in [6.45, 7) is 3.88. The fourth-order valence-electron chi connectivity index (χ4n) is 1.19. The lowest BCUT2D eigenvalue weighted by atomic mass is 10.0. The first-order chi connectivity index (χ1) is 7.02. The Hall–Kier alpha value is -1.84. The number of esters is 1. The van der Waals surface area contributed by atoms with Crippen LogP contribution in [-0.2, 0) is 9.59 Å². The van der Waals surface area contributed by atoms with Gasteiger partial charge in [0.2, 0.25) is 0 Å². The fourth-order valence-corrected chi connectivity index (χ4v) is 1.19. The smallest absolute Gasteiger partial charge is 0.422 e. The molecule has 0 fully saturated rings. The summed E-state index contributed by atoms with van der Waals surface area (Å²) in [5.41, 5.74) is 0.812. The first-order valence-electron chi connectivity index (χ1n) is 4.56. The lowest BCUT2D eigenvalue weighted by Crippen LogP contribution is -2.20. The van der Waals surface area contributed by atoms with Gasteiger partial charge in [0.1, 0.15) is 5.75 Å². The van der Waals surface area contributed by atoms with Gasteiger partial charge in [-0.05, 0) is 17.5 Å². The quantitative estimate of drug-likeness (QED) is 0.457. The van der Waals surface area contributed by atoms with Crippen molar-refractivity contribution in [2.24, 2.45) is 0 Å². The van der Waals surface area contributed by atoms with E-state index < -0.39 is 11.9 Å². The molecule has 4 heteroatoms. The van der Waals surface area contributed by atoms with E-state index in [-0.39, 0.29) is 5.92 Å². The Morgan fingerprint density at radius 2 is 1.87 bits per heavy atom. The number of carboxylic acids is 1. The van der Waals surface area contributed by atoms with Crippen LogP contribution in [0.3, 0.4) is 0 Å². The average molecular weight is 208 g/mol. The normalized spacial score (nSPS) is 10.1. The number of carboxylic acid groups (broad SMARTS) is 1. The molecule has 0 amide bonds. The first kappa shape index (κ1) is 11.2. The van der Waals surface area contributed by atoms with Crippen LogP contribution in [0.4, 0.5) is 0 Å². The molecule has 0 aromatic heterocycles. The molecular formula is C11H12O4. The maximum absolute atomic E-state index is 10.9. The molecule has 0 heterocycles. The van der Waals surface area contributed by atoms with Gasteiger partial charge < -0.3 is 9.84 Å². The predicted octanol–water partition coefficient (Wildman–Crippen LogP) is 1.80. The Kier molecular flexibility index (Phi) is 3.44. The van der Waals surface area contributed by atoms with Gasteiger partial charge in [-0.3, -0.25) is 0 Å². The van der Waals surface area contributed by atoms with Crippen LogP contribution < -0.4 is 4.74 Å². The van der Waals surface area contributed by atoms with Gasteiger partial charge in [0.15, 0.2) is 0 Å². The third-order valence-electron chi connectivity index (χ3n) is 1.92. The van der Waals surface area contributed by atoms with Gasteiger partial charge in [0.05, 0.1) is 0 Å². The molecule has 0 aliphatic heterocycles. The van der Waals surface area contributed by atoms with Gasteiger partial charge in [-0.25, -0.2) is 9.59 Å². The number of carbonyl (C=O) groups excluding carboxylic acids is 1. The Balaban J connectivity index is 2.94. The molecule has 1 rings (SSSR count). The van der Waals surface area contributed by atoms with Crippen LogP contribution in [-0.4, -0.2) is 17.0 Å². The first-order valence-corrected chi connectivity index (χ1v) is 4.56. The van der Waals surface area contributed by atoms with Crippen LogP contribution in [0.25, 0.3) is 0 Å². The zero-order valence-corrected chi connectivity index (χ0v) is 8.56. The highest BCUT2D eigenvalue weighted by Crippen LogP contribution is 2.25. The summed E-state index contributed by atoms with van der Waals surface area (Å²) in [7, 11) is 0. The summed E-state index contributed by atoms with van der Waals surface area (Å²) >= 11 is 0. The second-order valence-electron chi connectivity index (χ2n) is 3.39. The van der Waals surface area contributed by atoms with E-state index in [0.29, 0.717) is 5.75 Å². The van der Waals surface area contributed by atoms with Crippen molar-refractivity contribution in [3.05, 3.63) is 29.8 Å². The molecule has 0 atom stereocenters. The Morgan fingerprint density at radius 1 is 1.27 bits per heavy atom. The van der Waals surface area contributed by atoms with E-state index in [9.17, 15) is 9.59 Å². The molecule has 0 radical (unpaired) electrons. The summed E-state index contributed by atoms with van der Waals surface area (Å²) in [5.74, 6) is -2.38. The standard InChI is InChI=1S/C11H12O4/c1-7(2)8-5-3-4-6-9(8)15-11(14)10(12)13/h3-7H,1-2H3,(H,12,13). The Bertz CT molecular complexity index is 382. The lowest BCUT2D eigenvalue weighted by molar-refractivity contribution is -0.158. The third-order valence-corrected chi connectivity index (χ3v) is 1.92. The van der Waals surface area contributed by atoms with E-state index >= 15 is 0 Å². The van der Waals surface area contributed by atoms with Crippen LogP contribution in [0.15, 0.2) is 24.3 Å². The van der Waals surface area contributed by atoms with Crippen molar-refractivity contribution in [3.63, 3.8) is 0 Å². The SMILES string of the molecule is CC(C)c1ccccc1OC(=O)C(=O)O. The Labute approximate surface area is 87.5 Å². The van der Waals surface area contributed by atoms with Gasteiger partial charge >= 0.3 is 11.9 Å². The molecule has 4 nitrogen and oxygen atoms in total. The van der Waals surface area contributed by atoms with E-state index in [0.717, 1.165) is 5.56 Å².